The van der Waals surface area contributed by atoms with Crippen LogP contribution >= 0.6 is 34.8 Å². The molecule has 0 rings (SSSR count). The SMILES string of the molecule is COC(C)(OC)C(Cl)(Cl)Cl. The van der Waals surface area contributed by atoms with Crippen LogP contribution in [0.1, 0.15) is 6.92 Å². The molecule has 0 saturated carbocycles. The average Bonchev–Trinajstić information content (AvgIpc) is 1.84. The normalized spacial score (nSPS) is 13.8. The van der Waals surface area contributed by atoms with Gasteiger partial charge in [-0.1, -0.05) is 34.8 Å². The van der Waals surface area contributed by atoms with E-state index in [1.165, 1.54) is 14.2 Å². The van der Waals surface area contributed by atoms with Gasteiger partial charge in [0.25, 0.3) is 0 Å². The third kappa shape index (κ3) is 2.14. The van der Waals surface area contributed by atoms with Crippen molar-refractivity contribution in [3.05, 3.63) is 0 Å². The van der Waals surface area contributed by atoms with Crippen LogP contribution in [-0.2, 0) is 9.47 Å². The van der Waals surface area contributed by atoms with Gasteiger partial charge in [0.1, 0.15) is 0 Å². The summed E-state index contributed by atoms with van der Waals surface area (Å²) in [6.45, 7) is 1.54. The lowest BCUT2D eigenvalue weighted by atomic mass is 10.4. The zero-order valence-corrected chi connectivity index (χ0v) is 8.22. The Kier molecular flexibility index (Phi) is 3.73. The molecule has 0 unspecified atom stereocenters. The minimum atomic E-state index is -1.57. The highest BCUT2D eigenvalue weighted by molar-refractivity contribution is 6.68. The summed E-state index contributed by atoms with van der Waals surface area (Å²) in [7, 11) is 2.82. The lowest BCUT2D eigenvalue weighted by molar-refractivity contribution is -0.189. The number of rotatable bonds is 2. The summed E-state index contributed by atoms with van der Waals surface area (Å²) in [5.74, 6) is -1.18. The van der Waals surface area contributed by atoms with Gasteiger partial charge < -0.3 is 9.47 Å². The summed E-state index contributed by atoms with van der Waals surface area (Å²) >= 11 is 16.6. The monoisotopic (exact) mass is 206 g/mol. The molecule has 0 aliphatic rings. The van der Waals surface area contributed by atoms with Crippen molar-refractivity contribution in [2.45, 2.75) is 16.5 Å². The molecule has 0 aromatic carbocycles. The molecule has 0 spiro atoms. The summed E-state index contributed by atoms with van der Waals surface area (Å²) < 4.78 is 8.09. The Morgan fingerprint density at radius 1 is 1.00 bits per heavy atom. The minimum absolute atomic E-state index is 1.18. The van der Waals surface area contributed by atoms with Crippen LogP contribution in [0.2, 0.25) is 0 Å². The molecule has 2 nitrogen and oxygen atoms in total. The van der Waals surface area contributed by atoms with Crippen LogP contribution in [0.4, 0.5) is 0 Å². The van der Waals surface area contributed by atoms with E-state index in [4.69, 9.17) is 44.3 Å². The zero-order valence-electron chi connectivity index (χ0n) is 5.95. The maximum absolute atomic E-state index is 5.52. The van der Waals surface area contributed by atoms with Crippen LogP contribution in [-0.4, -0.2) is 23.8 Å². The Morgan fingerprint density at radius 3 is 1.30 bits per heavy atom. The van der Waals surface area contributed by atoms with Crippen LogP contribution in [0.15, 0.2) is 0 Å². The molecule has 62 valence electrons. The first-order valence-electron chi connectivity index (χ1n) is 2.54. The van der Waals surface area contributed by atoms with Gasteiger partial charge in [0.15, 0.2) is 0 Å². The number of methoxy groups -OCH3 is 2. The second-order valence-electron chi connectivity index (χ2n) is 1.85. The van der Waals surface area contributed by atoms with E-state index >= 15 is 0 Å². The fraction of sp³-hybridized carbons (Fsp3) is 1.00. The number of alkyl halides is 3. The summed E-state index contributed by atoms with van der Waals surface area (Å²) in [5.41, 5.74) is 0. The molecule has 0 aliphatic heterocycles. The average molecular weight is 207 g/mol. The van der Waals surface area contributed by atoms with Gasteiger partial charge >= 0.3 is 0 Å². The van der Waals surface area contributed by atoms with Crippen molar-refractivity contribution in [2.75, 3.05) is 14.2 Å². The first kappa shape index (κ1) is 10.8. The summed E-state index contributed by atoms with van der Waals surface area (Å²) in [4.78, 5) is 0. The Morgan fingerprint density at radius 2 is 1.30 bits per heavy atom. The molecular formula is C5H9Cl3O2. The molecule has 0 radical (unpaired) electrons. The Hall–Kier alpha value is 0.790. The molecule has 0 aromatic heterocycles. The lowest BCUT2D eigenvalue weighted by Gasteiger charge is -2.32. The molecular weight excluding hydrogens is 198 g/mol. The standard InChI is InChI=1S/C5H9Cl3O2/c1-4(9-2,10-3)5(6,7)8/h1-3H3. The third-order valence-electron chi connectivity index (χ3n) is 1.29. The topological polar surface area (TPSA) is 18.5 Å². The van der Waals surface area contributed by atoms with Crippen molar-refractivity contribution in [3.8, 4) is 0 Å². The zero-order chi connectivity index (χ0) is 8.41. The first-order valence-corrected chi connectivity index (χ1v) is 3.68. The number of halogens is 3. The number of hydrogen-bond donors (Lipinski definition) is 0. The second-order valence-corrected chi connectivity index (χ2v) is 4.13. The predicted octanol–water partition coefficient (Wildman–Crippen LogP) is 2.37. The second kappa shape index (κ2) is 3.46. The summed E-state index contributed by atoms with van der Waals surface area (Å²) in [6.07, 6.45) is 0. The fourth-order valence-electron chi connectivity index (χ4n) is 0.315. The fourth-order valence-corrected chi connectivity index (χ4v) is 0.778. The van der Waals surface area contributed by atoms with E-state index in [0.717, 1.165) is 0 Å². The number of ether oxygens (including phenoxy) is 2. The Balaban J connectivity index is 4.33. The van der Waals surface area contributed by atoms with E-state index in [-0.39, 0.29) is 0 Å². The van der Waals surface area contributed by atoms with Gasteiger partial charge in [-0.3, -0.25) is 0 Å². The predicted molar refractivity (Wildman–Crippen MR) is 42.7 cm³/mol. The van der Waals surface area contributed by atoms with E-state index in [2.05, 4.69) is 0 Å². The molecule has 0 aromatic rings. The van der Waals surface area contributed by atoms with Crippen LogP contribution < -0.4 is 0 Å². The van der Waals surface area contributed by atoms with Gasteiger partial charge in [-0.05, 0) is 6.92 Å². The highest BCUT2D eigenvalue weighted by Crippen LogP contribution is 2.40. The van der Waals surface area contributed by atoms with Crippen LogP contribution in [0, 0.1) is 0 Å². The van der Waals surface area contributed by atoms with Gasteiger partial charge in [-0.15, -0.1) is 0 Å². The summed E-state index contributed by atoms with van der Waals surface area (Å²) in [5, 5.41) is 0. The van der Waals surface area contributed by atoms with Gasteiger partial charge in [-0.25, -0.2) is 0 Å². The molecule has 0 saturated heterocycles. The van der Waals surface area contributed by atoms with Gasteiger partial charge in [0.2, 0.25) is 9.58 Å². The van der Waals surface area contributed by atoms with Gasteiger partial charge in [-0.2, -0.15) is 0 Å². The van der Waals surface area contributed by atoms with E-state index in [0.29, 0.717) is 0 Å². The first-order chi connectivity index (χ1) is 4.37. The minimum Gasteiger partial charge on any atom is -0.350 e. The van der Waals surface area contributed by atoms with Crippen LogP contribution in [0.25, 0.3) is 0 Å². The Labute approximate surface area is 75.3 Å². The molecule has 10 heavy (non-hydrogen) atoms. The van der Waals surface area contributed by atoms with E-state index in [1.807, 2.05) is 0 Å². The summed E-state index contributed by atoms with van der Waals surface area (Å²) in [6, 6.07) is 0. The third-order valence-corrected chi connectivity index (χ3v) is 2.32. The van der Waals surface area contributed by atoms with E-state index < -0.39 is 9.58 Å². The smallest absolute Gasteiger partial charge is 0.243 e. The Bertz CT molecular complexity index is 106. The van der Waals surface area contributed by atoms with Crippen molar-refractivity contribution < 1.29 is 9.47 Å². The highest BCUT2D eigenvalue weighted by Gasteiger charge is 2.45. The van der Waals surface area contributed by atoms with Gasteiger partial charge in [0, 0.05) is 14.2 Å². The molecule has 5 heteroatoms. The van der Waals surface area contributed by atoms with Crippen molar-refractivity contribution in [1.82, 2.24) is 0 Å². The number of hydrogen-bond acceptors (Lipinski definition) is 2. The van der Waals surface area contributed by atoms with E-state index in [9.17, 15) is 0 Å². The van der Waals surface area contributed by atoms with Crippen molar-refractivity contribution in [3.63, 3.8) is 0 Å². The molecule has 0 N–H and O–H groups in total. The van der Waals surface area contributed by atoms with Crippen molar-refractivity contribution >= 4 is 34.8 Å². The lowest BCUT2D eigenvalue weighted by Crippen LogP contribution is -2.43. The maximum Gasteiger partial charge on any atom is 0.243 e. The molecule has 0 aliphatic carbocycles. The van der Waals surface area contributed by atoms with E-state index in [1.54, 1.807) is 6.92 Å². The van der Waals surface area contributed by atoms with Crippen molar-refractivity contribution in [2.24, 2.45) is 0 Å². The quantitative estimate of drug-likeness (QED) is 0.511. The molecule has 0 bridgehead atoms. The largest absolute Gasteiger partial charge is 0.350 e. The molecule has 0 fully saturated rings. The van der Waals surface area contributed by atoms with Crippen LogP contribution in [0.3, 0.4) is 0 Å². The molecule has 0 heterocycles. The molecule has 0 atom stereocenters. The maximum atomic E-state index is 5.52. The highest BCUT2D eigenvalue weighted by atomic mass is 35.6. The molecule has 0 amide bonds. The van der Waals surface area contributed by atoms with Crippen LogP contribution in [0.5, 0.6) is 0 Å². The van der Waals surface area contributed by atoms with Gasteiger partial charge in [0.05, 0.1) is 0 Å². The van der Waals surface area contributed by atoms with Crippen molar-refractivity contribution in [1.29, 1.82) is 0 Å².